The number of ether oxygens (including phenoxy) is 1. The van der Waals surface area contributed by atoms with Gasteiger partial charge in [-0.05, 0) is 68.5 Å². The minimum Gasteiger partial charge on any atom is -0.457 e. The molecule has 2 nitrogen and oxygen atoms in total. The van der Waals surface area contributed by atoms with Crippen molar-refractivity contribution in [2.45, 2.75) is 45.6 Å². The van der Waals surface area contributed by atoms with E-state index in [4.69, 9.17) is 27.9 Å². The van der Waals surface area contributed by atoms with Crippen molar-refractivity contribution in [1.29, 1.82) is 0 Å². The van der Waals surface area contributed by atoms with Crippen molar-refractivity contribution in [3.8, 4) is 0 Å². The summed E-state index contributed by atoms with van der Waals surface area (Å²) in [5.41, 5.74) is 2.16. The molecule has 0 unspecified atom stereocenters. The molecule has 27 heavy (non-hydrogen) atoms. The van der Waals surface area contributed by atoms with Gasteiger partial charge in [0.25, 0.3) is 0 Å². The van der Waals surface area contributed by atoms with Gasteiger partial charge in [0.1, 0.15) is 6.10 Å². The van der Waals surface area contributed by atoms with Gasteiger partial charge in [-0.25, -0.2) is 0 Å². The van der Waals surface area contributed by atoms with Crippen molar-refractivity contribution < 1.29 is 9.53 Å². The Bertz CT molecular complexity index is 806. The molecule has 1 fully saturated rings. The molecule has 0 aromatic heterocycles. The van der Waals surface area contributed by atoms with Crippen molar-refractivity contribution in [3.05, 3.63) is 82.4 Å². The van der Waals surface area contributed by atoms with Gasteiger partial charge in [-0.1, -0.05) is 54.1 Å². The zero-order valence-corrected chi connectivity index (χ0v) is 17.6. The number of hydrogen-bond donors (Lipinski definition) is 0. The predicted molar refractivity (Wildman–Crippen MR) is 114 cm³/mol. The molecule has 0 aliphatic carbocycles. The van der Waals surface area contributed by atoms with E-state index in [9.17, 15) is 4.79 Å². The highest BCUT2D eigenvalue weighted by Gasteiger charge is 2.46. The van der Waals surface area contributed by atoms with Crippen LogP contribution in [-0.2, 0) is 9.53 Å². The largest absolute Gasteiger partial charge is 0.457 e. The normalized spacial score (nSPS) is 26.5. The molecule has 0 spiro atoms. The number of carbonyl (C=O) groups is 1. The van der Waals surface area contributed by atoms with Gasteiger partial charge in [0.05, 0.1) is 5.41 Å². The second-order valence-corrected chi connectivity index (χ2v) is 8.29. The van der Waals surface area contributed by atoms with Crippen molar-refractivity contribution >= 4 is 29.2 Å². The summed E-state index contributed by atoms with van der Waals surface area (Å²) < 4.78 is 5.92. The maximum absolute atomic E-state index is 12.7. The monoisotopic (exact) mass is 404 g/mol. The predicted octanol–water partition coefficient (Wildman–Crippen LogP) is 6.97. The van der Waals surface area contributed by atoms with Crippen molar-refractivity contribution in [1.82, 2.24) is 0 Å². The van der Waals surface area contributed by atoms with Crippen LogP contribution in [0.2, 0.25) is 5.02 Å². The van der Waals surface area contributed by atoms with Gasteiger partial charge in [0.2, 0.25) is 0 Å². The smallest absolute Gasteiger partial charge is 0.312 e. The molecule has 1 aromatic rings. The molecular formula is C23H26Cl2O2. The molecule has 2 rings (SSSR count). The van der Waals surface area contributed by atoms with Crippen LogP contribution in [0, 0.1) is 5.41 Å². The maximum Gasteiger partial charge on any atom is 0.312 e. The number of rotatable bonds is 6. The van der Waals surface area contributed by atoms with Crippen LogP contribution in [-0.4, -0.2) is 12.1 Å². The summed E-state index contributed by atoms with van der Waals surface area (Å²) >= 11 is 12.4. The summed E-state index contributed by atoms with van der Waals surface area (Å²) in [6.07, 6.45) is 6.31. The SMILES string of the molecule is C=CC[C@@]1(C)C[C@H](c2cccc(Cl)c2)[C@H](/C(C)=C/C=C(/Cl)C(=C)C)OC1=O. The van der Waals surface area contributed by atoms with Gasteiger partial charge in [0, 0.05) is 16.0 Å². The second kappa shape index (κ2) is 8.95. The highest BCUT2D eigenvalue weighted by atomic mass is 35.5. The summed E-state index contributed by atoms with van der Waals surface area (Å²) in [7, 11) is 0. The van der Waals surface area contributed by atoms with Crippen LogP contribution in [0.4, 0.5) is 0 Å². The lowest BCUT2D eigenvalue weighted by molar-refractivity contribution is -0.168. The fraction of sp³-hybridized carbons (Fsp3) is 0.348. The number of carbonyl (C=O) groups excluding carboxylic acids is 1. The standard InChI is InChI=1S/C23H26Cl2O2/c1-6-12-23(5)14-19(17-8-7-9-18(24)13-17)21(27-22(23)26)16(4)10-11-20(25)15(2)3/h6-11,13,19,21H,1-2,12,14H2,3-5H3/b16-10+,20-11+/t19-,21+,23+/m1/s1. The molecule has 1 aliphatic heterocycles. The van der Waals surface area contributed by atoms with Gasteiger partial charge in [-0.3, -0.25) is 4.79 Å². The Morgan fingerprint density at radius 1 is 1.37 bits per heavy atom. The molecule has 144 valence electrons. The van der Waals surface area contributed by atoms with Crippen LogP contribution in [0.5, 0.6) is 0 Å². The first-order chi connectivity index (χ1) is 12.7. The molecule has 0 bridgehead atoms. The van der Waals surface area contributed by atoms with E-state index in [1.807, 2.05) is 51.1 Å². The number of allylic oxidation sites excluding steroid dienone is 5. The zero-order valence-electron chi connectivity index (χ0n) is 16.1. The van der Waals surface area contributed by atoms with Gasteiger partial charge in [-0.15, -0.1) is 6.58 Å². The lowest BCUT2D eigenvalue weighted by Gasteiger charge is -2.41. The van der Waals surface area contributed by atoms with Crippen LogP contribution >= 0.6 is 23.2 Å². The fourth-order valence-corrected chi connectivity index (χ4v) is 3.64. The zero-order chi connectivity index (χ0) is 20.2. The summed E-state index contributed by atoms with van der Waals surface area (Å²) in [6.45, 7) is 13.4. The fourth-order valence-electron chi connectivity index (χ4n) is 3.38. The van der Waals surface area contributed by atoms with Gasteiger partial charge < -0.3 is 4.74 Å². The average Bonchev–Trinajstić information content (AvgIpc) is 2.61. The number of cyclic esters (lactones) is 1. The van der Waals surface area contributed by atoms with E-state index in [2.05, 4.69) is 13.2 Å². The molecule has 0 amide bonds. The lowest BCUT2D eigenvalue weighted by Crippen LogP contribution is -2.43. The maximum atomic E-state index is 12.7. The van der Waals surface area contributed by atoms with E-state index in [0.29, 0.717) is 22.9 Å². The summed E-state index contributed by atoms with van der Waals surface area (Å²) in [5, 5.41) is 1.24. The van der Waals surface area contributed by atoms with E-state index in [0.717, 1.165) is 16.7 Å². The second-order valence-electron chi connectivity index (χ2n) is 7.45. The van der Waals surface area contributed by atoms with Gasteiger partial charge in [0.15, 0.2) is 0 Å². The van der Waals surface area contributed by atoms with Gasteiger partial charge >= 0.3 is 5.97 Å². The first-order valence-electron chi connectivity index (χ1n) is 8.95. The third-order valence-electron chi connectivity index (χ3n) is 4.98. The Balaban J connectivity index is 2.45. The van der Waals surface area contributed by atoms with Crippen molar-refractivity contribution in [3.63, 3.8) is 0 Å². The topological polar surface area (TPSA) is 26.3 Å². The lowest BCUT2D eigenvalue weighted by atomic mass is 9.71. The van der Waals surface area contributed by atoms with Crippen LogP contribution < -0.4 is 0 Å². The van der Waals surface area contributed by atoms with Crippen molar-refractivity contribution in [2.24, 2.45) is 5.41 Å². The Hall–Kier alpha value is -1.77. The molecule has 0 radical (unpaired) electrons. The summed E-state index contributed by atoms with van der Waals surface area (Å²) in [6, 6.07) is 7.74. The minimum absolute atomic E-state index is 0.000367. The Morgan fingerprint density at radius 2 is 2.07 bits per heavy atom. The number of hydrogen-bond acceptors (Lipinski definition) is 2. The van der Waals surface area contributed by atoms with Crippen LogP contribution in [0.3, 0.4) is 0 Å². The Kier molecular flexibility index (Phi) is 7.13. The molecule has 1 aliphatic rings. The highest BCUT2D eigenvalue weighted by Crippen LogP contribution is 2.45. The first-order valence-corrected chi connectivity index (χ1v) is 9.71. The molecule has 1 heterocycles. The van der Waals surface area contributed by atoms with E-state index < -0.39 is 5.41 Å². The molecule has 0 N–H and O–H groups in total. The highest BCUT2D eigenvalue weighted by molar-refractivity contribution is 6.32. The number of esters is 1. The van der Waals surface area contributed by atoms with E-state index >= 15 is 0 Å². The molecule has 4 heteroatoms. The molecular weight excluding hydrogens is 379 g/mol. The number of halogens is 2. The molecule has 1 aromatic carbocycles. The Labute approximate surface area is 172 Å². The average molecular weight is 405 g/mol. The number of benzene rings is 1. The third kappa shape index (κ3) is 5.15. The minimum atomic E-state index is -0.600. The van der Waals surface area contributed by atoms with Crippen LogP contribution in [0.15, 0.2) is 71.8 Å². The van der Waals surface area contributed by atoms with E-state index in [1.54, 1.807) is 12.2 Å². The van der Waals surface area contributed by atoms with E-state index in [-0.39, 0.29) is 18.0 Å². The van der Waals surface area contributed by atoms with E-state index in [1.165, 1.54) is 0 Å². The quantitative estimate of drug-likeness (QED) is 0.290. The summed E-state index contributed by atoms with van der Waals surface area (Å²) in [5.74, 6) is -0.201. The first kappa shape index (κ1) is 21.5. The third-order valence-corrected chi connectivity index (χ3v) is 5.67. The molecule has 3 atom stereocenters. The summed E-state index contributed by atoms with van der Waals surface area (Å²) in [4.78, 5) is 12.7. The Morgan fingerprint density at radius 3 is 2.67 bits per heavy atom. The molecule has 0 saturated carbocycles. The van der Waals surface area contributed by atoms with Crippen molar-refractivity contribution in [2.75, 3.05) is 0 Å². The van der Waals surface area contributed by atoms with Gasteiger partial charge in [-0.2, -0.15) is 0 Å². The van der Waals surface area contributed by atoms with Crippen LogP contribution in [0.1, 0.15) is 45.1 Å². The van der Waals surface area contributed by atoms with Crippen LogP contribution in [0.25, 0.3) is 0 Å². The molecule has 1 saturated heterocycles.